The normalized spacial score (nSPS) is 13.2. The van der Waals surface area contributed by atoms with Crippen molar-refractivity contribution >= 4 is 0 Å². The minimum absolute atomic E-state index is 0.743. The van der Waals surface area contributed by atoms with Crippen molar-refractivity contribution in [2.75, 3.05) is 6.54 Å². The zero-order valence-electron chi connectivity index (χ0n) is 13.4. The number of hydrogen-bond donors (Lipinski definition) is 1. The Labute approximate surface area is 116 Å². The van der Waals surface area contributed by atoms with E-state index in [9.17, 15) is 0 Å². The first kappa shape index (κ1) is 18.0. The van der Waals surface area contributed by atoms with Crippen LogP contribution in [0.4, 0.5) is 0 Å². The molecule has 0 aliphatic heterocycles. The van der Waals surface area contributed by atoms with Gasteiger partial charge in [-0.25, -0.2) is 0 Å². The van der Waals surface area contributed by atoms with Gasteiger partial charge in [-0.15, -0.1) is 0 Å². The molecule has 1 nitrogen and oxygen atoms in total. The van der Waals surface area contributed by atoms with Crippen LogP contribution in [0.5, 0.6) is 0 Å². The van der Waals surface area contributed by atoms with E-state index in [0.29, 0.717) is 0 Å². The quantitative estimate of drug-likeness (QED) is 0.426. The second-order valence-corrected chi connectivity index (χ2v) is 6.07. The fraction of sp³-hybridized carbons (Fsp3) is 1.00. The maximum atomic E-state index is 3.73. The van der Waals surface area contributed by atoms with Crippen molar-refractivity contribution in [3.63, 3.8) is 0 Å². The third kappa shape index (κ3) is 11.1. The Morgan fingerprint density at radius 1 is 0.722 bits per heavy atom. The van der Waals surface area contributed by atoms with Gasteiger partial charge in [-0.1, -0.05) is 79.1 Å². The predicted molar refractivity (Wildman–Crippen MR) is 84.1 cm³/mol. The molecule has 0 aliphatic carbocycles. The van der Waals surface area contributed by atoms with E-state index in [1.165, 1.54) is 70.8 Å². The molecule has 0 amide bonds. The molecule has 0 aliphatic rings. The minimum Gasteiger partial charge on any atom is -0.314 e. The molecular formula is C17H37N. The molecule has 0 aromatic rings. The van der Waals surface area contributed by atoms with Gasteiger partial charge >= 0.3 is 0 Å². The summed E-state index contributed by atoms with van der Waals surface area (Å²) in [7, 11) is 0. The Kier molecular flexibility index (Phi) is 13.4. The van der Waals surface area contributed by atoms with E-state index in [4.69, 9.17) is 0 Å². The van der Waals surface area contributed by atoms with Gasteiger partial charge in [0.25, 0.3) is 0 Å². The summed E-state index contributed by atoms with van der Waals surface area (Å²) in [5, 5.41) is 3.73. The van der Waals surface area contributed by atoms with Gasteiger partial charge in [0.15, 0.2) is 0 Å². The van der Waals surface area contributed by atoms with E-state index in [0.717, 1.165) is 12.0 Å². The molecule has 1 heteroatoms. The molecule has 0 saturated carbocycles. The standard InChI is InChI=1S/C17H37N/c1-5-7-9-10-11-12-13-14-17(16(3)4)18-15-8-6-2/h16-18H,5-15H2,1-4H3. The second kappa shape index (κ2) is 13.4. The van der Waals surface area contributed by atoms with Gasteiger partial charge in [-0.3, -0.25) is 0 Å². The van der Waals surface area contributed by atoms with Gasteiger partial charge in [0, 0.05) is 6.04 Å². The van der Waals surface area contributed by atoms with Crippen LogP contribution in [0.15, 0.2) is 0 Å². The number of rotatable bonds is 13. The van der Waals surface area contributed by atoms with Crippen LogP contribution in [0.25, 0.3) is 0 Å². The molecule has 0 fully saturated rings. The summed E-state index contributed by atoms with van der Waals surface area (Å²) in [5.41, 5.74) is 0. The molecule has 1 atom stereocenters. The zero-order chi connectivity index (χ0) is 13.6. The van der Waals surface area contributed by atoms with E-state index in [1.807, 2.05) is 0 Å². The third-order valence-corrected chi connectivity index (χ3v) is 3.86. The largest absolute Gasteiger partial charge is 0.314 e. The van der Waals surface area contributed by atoms with E-state index >= 15 is 0 Å². The van der Waals surface area contributed by atoms with Crippen molar-refractivity contribution in [3.05, 3.63) is 0 Å². The lowest BCUT2D eigenvalue weighted by Gasteiger charge is -2.22. The lowest BCUT2D eigenvalue weighted by Crippen LogP contribution is -2.34. The predicted octanol–water partition coefficient (Wildman–Crippen LogP) is 5.54. The molecule has 0 heterocycles. The van der Waals surface area contributed by atoms with Gasteiger partial charge in [-0.2, -0.15) is 0 Å². The molecule has 0 spiro atoms. The minimum atomic E-state index is 0.743. The third-order valence-electron chi connectivity index (χ3n) is 3.86. The SMILES string of the molecule is CCCCCCCCCC(NCCCC)C(C)C. The molecule has 0 bridgehead atoms. The number of nitrogens with one attached hydrogen (secondary N) is 1. The van der Waals surface area contributed by atoms with Gasteiger partial charge in [0.05, 0.1) is 0 Å². The Balaban J connectivity index is 3.46. The lowest BCUT2D eigenvalue weighted by atomic mass is 9.97. The van der Waals surface area contributed by atoms with Crippen LogP contribution in [0.2, 0.25) is 0 Å². The highest BCUT2D eigenvalue weighted by atomic mass is 14.9. The van der Waals surface area contributed by atoms with Crippen LogP contribution >= 0.6 is 0 Å². The van der Waals surface area contributed by atoms with E-state index in [2.05, 4.69) is 33.0 Å². The Bertz CT molecular complexity index is 154. The van der Waals surface area contributed by atoms with Crippen LogP contribution in [-0.4, -0.2) is 12.6 Å². The molecule has 0 rings (SSSR count). The molecule has 1 unspecified atom stereocenters. The van der Waals surface area contributed by atoms with Gasteiger partial charge < -0.3 is 5.32 Å². The highest BCUT2D eigenvalue weighted by Crippen LogP contribution is 2.13. The maximum absolute atomic E-state index is 3.73. The van der Waals surface area contributed by atoms with Gasteiger partial charge in [0.2, 0.25) is 0 Å². The van der Waals surface area contributed by atoms with Crippen molar-refractivity contribution < 1.29 is 0 Å². The molecular weight excluding hydrogens is 218 g/mol. The highest BCUT2D eigenvalue weighted by molar-refractivity contribution is 4.70. The summed E-state index contributed by atoms with van der Waals surface area (Å²) in [6.45, 7) is 10.5. The van der Waals surface area contributed by atoms with Crippen LogP contribution in [0.3, 0.4) is 0 Å². The Morgan fingerprint density at radius 3 is 1.83 bits per heavy atom. The fourth-order valence-electron chi connectivity index (χ4n) is 2.46. The summed E-state index contributed by atoms with van der Waals surface area (Å²) in [4.78, 5) is 0. The molecule has 0 aromatic heterocycles. The summed E-state index contributed by atoms with van der Waals surface area (Å²) in [6, 6.07) is 0.743. The van der Waals surface area contributed by atoms with Gasteiger partial charge in [-0.05, 0) is 25.3 Å². The van der Waals surface area contributed by atoms with Crippen molar-refractivity contribution in [1.82, 2.24) is 5.32 Å². The van der Waals surface area contributed by atoms with Crippen molar-refractivity contribution in [1.29, 1.82) is 0 Å². The van der Waals surface area contributed by atoms with Crippen LogP contribution in [0.1, 0.15) is 91.9 Å². The lowest BCUT2D eigenvalue weighted by molar-refractivity contribution is 0.361. The van der Waals surface area contributed by atoms with Crippen LogP contribution in [-0.2, 0) is 0 Å². The summed E-state index contributed by atoms with van der Waals surface area (Å²) < 4.78 is 0. The molecule has 0 aromatic carbocycles. The van der Waals surface area contributed by atoms with Crippen LogP contribution < -0.4 is 5.32 Å². The van der Waals surface area contributed by atoms with Crippen LogP contribution in [0, 0.1) is 5.92 Å². The topological polar surface area (TPSA) is 12.0 Å². The smallest absolute Gasteiger partial charge is 0.00900 e. The highest BCUT2D eigenvalue weighted by Gasteiger charge is 2.11. The molecule has 110 valence electrons. The molecule has 0 saturated heterocycles. The first-order valence-electron chi connectivity index (χ1n) is 8.45. The van der Waals surface area contributed by atoms with Crippen molar-refractivity contribution in [2.45, 2.75) is 97.9 Å². The monoisotopic (exact) mass is 255 g/mol. The zero-order valence-corrected chi connectivity index (χ0v) is 13.4. The average Bonchev–Trinajstić information content (AvgIpc) is 2.35. The molecule has 0 radical (unpaired) electrons. The first-order valence-corrected chi connectivity index (χ1v) is 8.45. The Morgan fingerprint density at radius 2 is 1.28 bits per heavy atom. The molecule has 1 N–H and O–H groups in total. The summed E-state index contributed by atoms with van der Waals surface area (Å²) in [5.74, 6) is 0.780. The molecule has 18 heavy (non-hydrogen) atoms. The van der Waals surface area contributed by atoms with Crippen molar-refractivity contribution in [2.24, 2.45) is 5.92 Å². The summed E-state index contributed by atoms with van der Waals surface area (Å²) >= 11 is 0. The van der Waals surface area contributed by atoms with Crippen molar-refractivity contribution in [3.8, 4) is 0 Å². The van der Waals surface area contributed by atoms with Gasteiger partial charge in [0.1, 0.15) is 0 Å². The maximum Gasteiger partial charge on any atom is 0.00900 e. The fourth-order valence-corrected chi connectivity index (χ4v) is 2.46. The second-order valence-electron chi connectivity index (χ2n) is 6.07. The van der Waals surface area contributed by atoms with E-state index < -0.39 is 0 Å². The summed E-state index contributed by atoms with van der Waals surface area (Å²) in [6.07, 6.45) is 14.0. The first-order chi connectivity index (χ1) is 8.72. The Hall–Kier alpha value is -0.0400. The van der Waals surface area contributed by atoms with E-state index in [1.54, 1.807) is 0 Å². The number of hydrogen-bond acceptors (Lipinski definition) is 1. The van der Waals surface area contributed by atoms with E-state index in [-0.39, 0.29) is 0 Å². The number of unbranched alkanes of at least 4 members (excludes halogenated alkanes) is 7. The average molecular weight is 255 g/mol.